The summed E-state index contributed by atoms with van der Waals surface area (Å²) < 4.78 is 4.92. The summed E-state index contributed by atoms with van der Waals surface area (Å²) in [7, 11) is 1.64. The van der Waals surface area contributed by atoms with Crippen molar-refractivity contribution in [3.8, 4) is 5.75 Å². The zero-order valence-corrected chi connectivity index (χ0v) is 9.27. The van der Waals surface area contributed by atoms with Crippen LogP contribution in [-0.4, -0.2) is 29.9 Å². The zero-order valence-electron chi connectivity index (χ0n) is 9.27. The lowest BCUT2D eigenvalue weighted by Crippen LogP contribution is -2.03. The lowest BCUT2D eigenvalue weighted by atomic mass is 10.0. The predicted molar refractivity (Wildman–Crippen MR) is 59.9 cm³/mol. The van der Waals surface area contributed by atoms with E-state index in [2.05, 4.69) is 0 Å². The van der Waals surface area contributed by atoms with Crippen molar-refractivity contribution in [2.24, 2.45) is 0 Å². The third-order valence-corrected chi connectivity index (χ3v) is 2.39. The molecule has 4 heteroatoms. The monoisotopic (exact) mass is 224 g/mol. The van der Waals surface area contributed by atoms with Gasteiger partial charge in [0.15, 0.2) is 0 Å². The van der Waals surface area contributed by atoms with Crippen molar-refractivity contribution in [3.63, 3.8) is 0 Å². The molecule has 0 saturated carbocycles. The summed E-state index contributed by atoms with van der Waals surface area (Å²) in [5.74, 6) is -1.25. The molecule has 0 bridgehead atoms. The van der Waals surface area contributed by atoms with Gasteiger partial charge in [-0.25, -0.2) is 4.79 Å². The molecule has 0 spiro atoms. The number of methoxy groups -OCH3 is 1. The summed E-state index contributed by atoms with van der Waals surface area (Å²) >= 11 is 0. The minimum Gasteiger partial charge on any atom is -0.507 e. The van der Waals surface area contributed by atoms with Crippen molar-refractivity contribution in [3.05, 3.63) is 29.3 Å². The van der Waals surface area contributed by atoms with E-state index in [1.54, 1.807) is 19.2 Å². The number of hydrogen-bond donors (Lipinski definition) is 2. The molecular formula is C12H16O4. The molecule has 16 heavy (non-hydrogen) atoms. The SMILES string of the molecule is COCCCCc1cccc(O)c1C(=O)O. The molecule has 0 saturated heterocycles. The standard InChI is InChI=1S/C12H16O4/c1-16-8-3-2-5-9-6-4-7-10(13)11(9)12(14)15/h4,6-7,13H,2-3,5,8H2,1H3,(H,14,15). The van der Waals surface area contributed by atoms with Crippen molar-refractivity contribution in [1.82, 2.24) is 0 Å². The van der Waals surface area contributed by atoms with Crippen molar-refractivity contribution in [1.29, 1.82) is 0 Å². The second-order valence-electron chi connectivity index (χ2n) is 3.57. The van der Waals surface area contributed by atoms with Crippen LogP contribution >= 0.6 is 0 Å². The van der Waals surface area contributed by atoms with Crippen LogP contribution in [0.5, 0.6) is 5.75 Å². The lowest BCUT2D eigenvalue weighted by Gasteiger charge is -2.07. The maximum atomic E-state index is 10.9. The van der Waals surface area contributed by atoms with Crippen LogP contribution in [0.25, 0.3) is 0 Å². The Morgan fingerprint density at radius 1 is 1.38 bits per heavy atom. The molecular weight excluding hydrogens is 208 g/mol. The zero-order chi connectivity index (χ0) is 12.0. The largest absolute Gasteiger partial charge is 0.507 e. The summed E-state index contributed by atoms with van der Waals surface area (Å²) in [6, 6.07) is 4.78. The van der Waals surface area contributed by atoms with Crippen LogP contribution in [0.15, 0.2) is 18.2 Å². The Hall–Kier alpha value is -1.55. The molecule has 0 radical (unpaired) electrons. The predicted octanol–water partition coefficient (Wildman–Crippen LogP) is 2.06. The average Bonchev–Trinajstić information content (AvgIpc) is 2.24. The molecule has 4 nitrogen and oxygen atoms in total. The number of aromatic hydroxyl groups is 1. The van der Waals surface area contributed by atoms with Crippen LogP contribution < -0.4 is 0 Å². The minimum absolute atomic E-state index is 0.0138. The van der Waals surface area contributed by atoms with Gasteiger partial charge in [-0.3, -0.25) is 0 Å². The number of aryl methyl sites for hydroxylation is 1. The third-order valence-electron chi connectivity index (χ3n) is 2.39. The van der Waals surface area contributed by atoms with E-state index in [4.69, 9.17) is 9.84 Å². The van der Waals surface area contributed by atoms with Gasteiger partial charge in [0, 0.05) is 13.7 Å². The maximum absolute atomic E-state index is 10.9. The van der Waals surface area contributed by atoms with Gasteiger partial charge in [0.2, 0.25) is 0 Å². The van der Waals surface area contributed by atoms with E-state index < -0.39 is 5.97 Å². The van der Waals surface area contributed by atoms with Crippen molar-refractivity contribution in [2.75, 3.05) is 13.7 Å². The van der Waals surface area contributed by atoms with Gasteiger partial charge < -0.3 is 14.9 Å². The normalized spacial score (nSPS) is 10.3. The highest BCUT2D eigenvalue weighted by Gasteiger charge is 2.14. The van der Waals surface area contributed by atoms with Gasteiger partial charge in [-0.1, -0.05) is 12.1 Å². The Kier molecular flexibility index (Phi) is 4.79. The number of carbonyl (C=O) groups is 1. The quantitative estimate of drug-likeness (QED) is 0.726. The van der Waals surface area contributed by atoms with Crippen LogP contribution in [-0.2, 0) is 11.2 Å². The number of ether oxygens (including phenoxy) is 1. The molecule has 0 aliphatic heterocycles. The molecule has 1 aromatic rings. The van der Waals surface area contributed by atoms with Crippen LogP contribution in [0.3, 0.4) is 0 Å². The Bertz CT molecular complexity index is 360. The minimum atomic E-state index is -1.08. The fourth-order valence-electron chi connectivity index (χ4n) is 1.60. The molecule has 0 fully saturated rings. The van der Waals surface area contributed by atoms with Crippen molar-refractivity contribution in [2.45, 2.75) is 19.3 Å². The van der Waals surface area contributed by atoms with Gasteiger partial charge in [-0.2, -0.15) is 0 Å². The van der Waals surface area contributed by atoms with Gasteiger partial charge in [0.05, 0.1) is 0 Å². The fraction of sp³-hybridized carbons (Fsp3) is 0.417. The first-order valence-corrected chi connectivity index (χ1v) is 5.20. The van der Waals surface area contributed by atoms with Crippen LogP contribution in [0.1, 0.15) is 28.8 Å². The van der Waals surface area contributed by atoms with Crippen LogP contribution in [0, 0.1) is 0 Å². The van der Waals surface area contributed by atoms with Crippen molar-refractivity contribution < 1.29 is 19.7 Å². The number of carboxylic acid groups (broad SMARTS) is 1. The number of aromatic carboxylic acids is 1. The van der Waals surface area contributed by atoms with Crippen LogP contribution in [0.4, 0.5) is 0 Å². The number of hydrogen-bond acceptors (Lipinski definition) is 3. The van der Waals surface area contributed by atoms with E-state index in [9.17, 15) is 9.90 Å². The Morgan fingerprint density at radius 3 is 2.75 bits per heavy atom. The van der Waals surface area contributed by atoms with Gasteiger partial charge in [0.1, 0.15) is 11.3 Å². The highest BCUT2D eigenvalue weighted by atomic mass is 16.5. The Balaban J connectivity index is 2.71. The van der Waals surface area contributed by atoms with E-state index in [-0.39, 0.29) is 11.3 Å². The summed E-state index contributed by atoms with van der Waals surface area (Å²) in [6.07, 6.45) is 2.36. The molecule has 1 aromatic carbocycles. The topological polar surface area (TPSA) is 66.8 Å². The van der Waals surface area contributed by atoms with E-state index in [1.807, 2.05) is 0 Å². The second-order valence-corrected chi connectivity index (χ2v) is 3.57. The van der Waals surface area contributed by atoms with Gasteiger partial charge in [-0.15, -0.1) is 0 Å². The molecule has 0 aromatic heterocycles. The molecule has 0 aliphatic carbocycles. The molecule has 0 atom stereocenters. The number of rotatable bonds is 6. The van der Waals surface area contributed by atoms with E-state index in [1.165, 1.54) is 6.07 Å². The molecule has 1 rings (SSSR count). The van der Waals surface area contributed by atoms with Gasteiger partial charge in [-0.05, 0) is 30.9 Å². The molecule has 2 N–H and O–H groups in total. The first kappa shape index (κ1) is 12.5. The van der Waals surface area contributed by atoms with Gasteiger partial charge >= 0.3 is 5.97 Å². The number of unbranched alkanes of at least 4 members (excludes halogenated alkanes) is 1. The fourth-order valence-corrected chi connectivity index (χ4v) is 1.60. The number of carboxylic acids is 1. The molecule has 0 amide bonds. The Labute approximate surface area is 94.5 Å². The molecule has 0 aliphatic rings. The summed E-state index contributed by atoms with van der Waals surface area (Å²) in [5, 5.41) is 18.4. The lowest BCUT2D eigenvalue weighted by molar-refractivity contribution is 0.0692. The second kappa shape index (κ2) is 6.12. The first-order chi connectivity index (χ1) is 7.66. The average molecular weight is 224 g/mol. The smallest absolute Gasteiger partial charge is 0.339 e. The molecule has 88 valence electrons. The van der Waals surface area contributed by atoms with E-state index in [0.29, 0.717) is 18.6 Å². The number of benzene rings is 1. The van der Waals surface area contributed by atoms with Gasteiger partial charge in [0.25, 0.3) is 0 Å². The molecule has 0 heterocycles. The Morgan fingerprint density at radius 2 is 2.12 bits per heavy atom. The highest BCUT2D eigenvalue weighted by Crippen LogP contribution is 2.22. The summed E-state index contributed by atoms with van der Waals surface area (Å²) in [6.45, 7) is 0.668. The summed E-state index contributed by atoms with van der Waals surface area (Å²) in [5.41, 5.74) is 0.684. The maximum Gasteiger partial charge on any atom is 0.339 e. The van der Waals surface area contributed by atoms with Crippen LogP contribution in [0.2, 0.25) is 0 Å². The highest BCUT2D eigenvalue weighted by molar-refractivity contribution is 5.92. The number of phenols is 1. The summed E-state index contributed by atoms with van der Waals surface area (Å²) in [4.78, 5) is 10.9. The molecule has 0 unspecified atom stereocenters. The van der Waals surface area contributed by atoms with E-state index in [0.717, 1.165) is 12.8 Å². The van der Waals surface area contributed by atoms with E-state index >= 15 is 0 Å². The third kappa shape index (κ3) is 3.24. The first-order valence-electron chi connectivity index (χ1n) is 5.20. The van der Waals surface area contributed by atoms with Crippen molar-refractivity contribution >= 4 is 5.97 Å².